The first-order chi connectivity index (χ1) is 13.3. The Kier molecular flexibility index (Phi) is 7.35. The quantitative estimate of drug-likeness (QED) is 0.554. The van der Waals surface area contributed by atoms with Crippen molar-refractivity contribution in [2.75, 3.05) is 20.8 Å². The fourth-order valence-electron chi connectivity index (χ4n) is 2.79. The SMILES string of the molecule is CNS(=O)(=O)c1cc(C(=O)OCC(=O)NC(=O)NC2CCCC2)ccc1OC. The topological polar surface area (TPSA) is 140 Å². The van der Waals surface area contributed by atoms with Crippen molar-refractivity contribution in [1.82, 2.24) is 15.4 Å². The highest BCUT2D eigenvalue weighted by Crippen LogP contribution is 2.25. The van der Waals surface area contributed by atoms with E-state index >= 15 is 0 Å². The third-order valence-electron chi connectivity index (χ3n) is 4.24. The smallest absolute Gasteiger partial charge is 0.338 e. The number of hydrogen-bond acceptors (Lipinski definition) is 7. The number of imide groups is 1. The van der Waals surface area contributed by atoms with E-state index in [2.05, 4.69) is 15.4 Å². The van der Waals surface area contributed by atoms with Crippen molar-refractivity contribution < 1.29 is 32.3 Å². The highest BCUT2D eigenvalue weighted by molar-refractivity contribution is 7.89. The third-order valence-corrected chi connectivity index (χ3v) is 5.67. The lowest BCUT2D eigenvalue weighted by Crippen LogP contribution is -2.45. The van der Waals surface area contributed by atoms with Crippen LogP contribution in [0.3, 0.4) is 0 Å². The molecule has 1 aliphatic rings. The van der Waals surface area contributed by atoms with E-state index in [0.29, 0.717) is 0 Å². The molecule has 0 radical (unpaired) electrons. The summed E-state index contributed by atoms with van der Waals surface area (Å²) in [6.07, 6.45) is 3.80. The lowest BCUT2D eigenvalue weighted by molar-refractivity contribution is -0.123. The van der Waals surface area contributed by atoms with Crippen LogP contribution in [0.2, 0.25) is 0 Å². The Morgan fingerprint density at radius 1 is 1.18 bits per heavy atom. The molecule has 154 valence electrons. The van der Waals surface area contributed by atoms with Crippen LogP contribution in [-0.2, 0) is 19.6 Å². The first kappa shape index (κ1) is 21.6. The van der Waals surface area contributed by atoms with Gasteiger partial charge in [0.05, 0.1) is 12.7 Å². The van der Waals surface area contributed by atoms with Gasteiger partial charge in [-0.25, -0.2) is 22.7 Å². The number of ether oxygens (including phenoxy) is 2. The van der Waals surface area contributed by atoms with E-state index in [1.165, 1.54) is 26.3 Å². The first-order valence-corrected chi connectivity index (χ1v) is 10.1. The number of rotatable bonds is 7. The van der Waals surface area contributed by atoms with E-state index in [4.69, 9.17) is 9.47 Å². The highest BCUT2D eigenvalue weighted by Gasteiger charge is 2.22. The largest absolute Gasteiger partial charge is 0.495 e. The van der Waals surface area contributed by atoms with Crippen molar-refractivity contribution in [3.63, 3.8) is 0 Å². The zero-order valence-corrected chi connectivity index (χ0v) is 16.4. The molecule has 1 saturated carbocycles. The van der Waals surface area contributed by atoms with Crippen molar-refractivity contribution in [3.8, 4) is 5.75 Å². The van der Waals surface area contributed by atoms with Crippen LogP contribution in [0.5, 0.6) is 5.75 Å². The van der Waals surface area contributed by atoms with Gasteiger partial charge in [-0.2, -0.15) is 0 Å². The number of nitrogens with one attached hydrogen (secondary N) is 3. The zero-order chi connectivity index (χ0) is 20.7. The molecule has 0 heterocycles. The monoisotopic (exact) mass is 413 g/mol. The molecule has 1 aromatic rings. The zero-order valence-electron chi connectivity index (χ0n) is 15.6. The van der Waals surface area contributed by atoms with Gasteiger partial charge in [-0.1, -0.05) is 12.8 Å². The Morgan fingerprint density at radius 2 is 1.86 bits per heavy atom. The summed E-state index contributed by atoms with van der Waals surface area (Å²) in [5, 5.41) is 4.76. The molecule has 0 aliphatic heterocycles. The average Bonchev–Trinajstić information content (AvgIpc) is 3.18. The Hall–Kier alpha value is -2.66. The number of carbonyl (C=O) groups is 3. The number of sulfonamides is 1. The van der Waals surface area contributed by atoms with Gasteiger partial charge < -0.3 is 14.8 Å². The molecular formula is C17H23N3O7S. The molecule has 28 heavy (non-hydrogen) atoms. The standard InChI is InChI=1S/C17H23N3O7S/c1-18-28(24,25)14-9-11(7-8-13(14)26-2)16(22)27-10-15(21)20-17(23)19-12-5-3-4-6-12/h7-9,12,18H,3-6,10H2,1-2H3,(H2,19,20,21,23). The first-order valence-electron chi connectivity index (χ1n) is 8.66. The van der Waals surface area contributed by atoms with Crippen LogP contribution in [0.25, 0.3) is 0 Å². The molecule has 3 amide bonds. The minimum absolute atomic E-state index is 0.0437. The van der Waals surface area contributed by atoms with Crippen molar-refractivity contribution in [1.29, 1.82) is 0 Å². The van der Waals surface area contributed by atoms with Crippen molar-refractivity contribution in [2.45, 2.75) is 36.6 Å². The second-order valence-corrected chi connectivity index (χ2v) is 8.01. The van der Waals surface area contributed by atoms with Gasteiger partial charge in [-0.3, -0.25) is 10.1 Å². The fourth-order valence-corrected chi connectivity index (χ4v) is 3.71. The van der Waals surface area contributed by atoms with Crippen LogP contribution < -0.4 is 20.1 Å². The van der Waals surface area contributed by atoms with Crippen molar-refractivity contribution in [3.05, 3.63) is 23.8 Å². The van der Waals surface area contributed by atoms with Gasteiger partial charge in [-0.05, 0) is 38.1 Å². The number of urea groups is 1. The van der Waals surface area contributed by atoms with Crippen LogP contribution in [0.15, 0.2) is 23.1 Å². The van der Waals surface area contributed by atoms with Crippen LogP contribution in [0.4, 0.5) is 4.79 Å². The highest BCUT2D eigenvalue weighted by atomic mass is 32.2. The summed E-state index contributed by atoms with van der Waals surface area (Å²) in [5.41, 5.74) is -0.0853. The van der Waals surface area contributed by atoms with Gasteiger partial charge in [-0.15, -0.1) is 0 Å². The number of hydrogen-bond donors (Lipinski definition) is 3. The van der Waals surface area contributed by atoms with Gasteiger partial charge >= 0.3 is 12.0 Å². The number of benzene rings is 1. The molecule has 1 fully saturated rings. The van der Waals surface area contributed by atoms with Gasteiger partial charge in [0.1, 0.15) is 10.6 Å². The molecule has 0 saturated heterocycles. The van der Waals surface area contributed by atoms with E-state index in [0.717, 1.165) is 31.7 Å². The molecule has 0 aromatic heterocycles. The Morgan fingerprint density at radius 3 is 2.46 bits per heavy atom. The maximum Gasteiger partial charge on any atom is 0.338 e. The van der Waals surface area contributed by atoms with E-state index in [1.54, 1.807) is 0 Å². The molecule has 2 rings (SSSR count). The minimum Gasteiger partial charge on any atom is -0.495 e. The fraction of sp³-hybridized carbons (Fsp3) is 0.471. The summed E-state index contributed by atoms with van der Waals surface area (Å²) in [6.45, 7) is -0.683. The molecule has 10 nitrogen and oxygen atoms in total. The predicted molar refractivity (Wildman–Crippen MR) is 98.5 cm³/mol. The summed E-state index contributed by atoms with van der Waals surface area (Å²) >= 11 is 0. The molecular weight excluding hydrogens is 390 g/mol. The van der Waals surface area contributed by atoms with Crippen LogP contribution in [0.1, 0.15) is 36.0 Å². The second kappa shape index (κ2) is 9.51. The molecule has 0 bridgehead atoms. The van der Waals surface area contributed by atoms with Crippen LogP contribution >= 0.6 is 0 Å². The van der Waals surface area contributed by atoms with Crippen LogP contribution in [-0.4, -0.2) is 53.1 Å². The number of methoxy groups -OCH3 is 1. The van der Waals surface area contributed by atoms with Gasteiger partial charge in [0.25, 0.3) is 5.91 Å². The maximum atomic E-state index is 12.1. The predicted octanol–water partition coefficient (Wildman–Crippen LogP) is 0.529. The molecule has 3 N–H and O–H groups in total. The number of esters is 1. The Labute approximate surface area is 163 Å². The minimum atomic E-state index is -3.87. The lowest BCUT2D eigenvalue weighted by Gasteiger charge is -2.12. The van der Waals surface area contributed by atoms with Gasteiger partial charge in [0.2, 0.25) is 10.0 Å². The van der Waals surface area contributed by atoms with E-state index < -0.39 is 34.5 Å². The molecule has 0 spiro atoms. The normalized spacial score (nSPS) is 14.4. The summed E-state index contributed by atoms with van der Waals surface area (Å²) in [6, 6.07) is 3.09. The second-order valence-electron chi connectivity index (χ2n) is 6.15. The molecule has 1 aromatic carbocycles. The summed E-state index contributed by atoms with van der Waals surface area (Å²) in [5.74, 6) is -1.66. The maximum absolute atomic E-state index is 12.1. The molecule has 0 unspecified atom stereocenters. The van der Waals surface area contributed by atoms with E-state index in [1.807, 2.05) is 0 Å². The molecule has 0 atom stereocenters. The van der Waals surface area contributed by atoms with E-state index in [9.17, 15) is 22.8 Å². The van der Waals surface area contributed by atoms with Gasteiger partial charge in [0.15, 0.2) is 6.61 Å². The number of carbonyl (C=O) groups excluding carboxylic acids is 3. The third kappa shape index (κ3) is 5.67. The number of amides is 3. The van der Waals surface area contributed by atoms with Gasteiger partial charge in [0, 0.05) is 6.04 Å². The summed E-state index contributed by atoms with van der Waals surface area (Å²) in [7, 11) is -1.35. The van der Waals surface area contributed by atoms with E-state index in [-0.39, 0.29) is 22.3 Å². The lowest BCUT2D eigenvalue weighted by atomic mass is 10.2. The molecule has 1 aliphatic carbocycles. The molecule has 11 heteroatoms. The Balaban J connectivity index is 1.94. The summed E-state index contributed by atoms with van der Waals surface area (Å²) in [4.78, 5) is 35.4. The summed E-state index contributed by atoms with van der Waals surface area (Å²) < 4.78 is 36.0. The van der Waals surface area contributed by atoms with Crippen LogP contribution in [0, 0.1) is 0 Å². The average molecular weight is 413 g/mol. The Bertz CT molecular complexity index is 848. The van der Waals surface area contributed by atoms with Crippen molar-refractivity contribution in [2.24, 2.45) is 0 Å². The van der Waals surface area contributed by atoms with Crippen molar-refractivity contribution >= 4 is 27.9 Å².